The van der Waals surface area contributed by atoms with Gasteiger partial charge in [-0.25, -0.2) is 0 Å². The molecule has 2 fully saturated rings. The van der Waals surface area contributed by atoms with Crippen molar-refractivity contribution in [2.24, 2.45) is 17.7 Å². The van der Waals surface area contributed by atoms with E-state index in [1.807, 2.05) is 0 Å². The van der Waals surface area contributed by atoms with Crippen molar-refractivity contribution in [3.63, 3.8) is 0 Å². The first-order valence-electron chi connectivity index (χ1n) is 6.89. The summed E-state index contributed by atoms with van der Waals surface area (Å²) < 4.78 is 0. The summed E-state index contributed by atoms with van der Waals surface area (Å²) in [4.78, 5) is 0. The van der Waals surface area contributed by atoms with E-state index in [9.17, 15) is 0 Å². The highest BCUT2D eigenvalue weighted by molar-refractivity contribution is 5.26. The summed E-state index contributed by atoms with van der Waals surface area (Å²) in [6, 6.07) is 11.4. The van der Waals surface area contributed by atoms with Crippen LogP contribution < -0.4 is 11.3 Å². The molecule has 3 N–H and O–H groups in total. The van der Waals surface area contributed by atoms with Crippen LogP contribution in [0.25, 0.3) is 0 Å². The third kappa shape index (κ3) is 2.38. The number of rotatable bonds is 5. The molecule has 2 saturated carbocycles. The summed E-state index contributed by atoms with van der Waals surface area (Å²) in [5.41, 5.74) is 4.55. The van der Waals surface area contributed by atoms with E-state index in [2.05, 4.69) is 35.8 Å². The number of benzene rings is 1. The van der Waals surface area contributed by atoms with Crippen LogP contribution in [0.5, 0.6) is 0 Å². The van der Waals surface area contributed by atoms with Crippen LogP contribution in [0, 0.1) is 11.8 Å². The predicted molar refractivity (Wildman–Crippen MR) is 70.4 cm³/mol. The van der Waals surface area contributed by atoms with Gasteiger partial charge in [0.25, 0.3) is 0 Å². The molecule has 2 nitrogen and oxygen atoms in total. The van der Waals surface area contributed by atoms with Gasteiger partial charge in [-0.05, 0) is 36.2 Å². The molecule has 1 aromatic rings. The number of hydrogen-bond acceptors (Lipinski definition) is 2. The molecule has 0 aromatic heterocycles. The van der Waals surface area contributed by atoms with E-state index in [4.69, 9.17) is 5.84 Å². The van der Waals surface area contributed by atoms with E-state index in [1.165, 1.54) is 37.7 Å². The molecule has 0 heterocycles. The smallest absolute Gasteiger partial charge is 0.0247 e. The minimum absolute atomic E-state index is 0.533. The molecule has 0 amide bonds. The second-order valence-electron chi connectivity index (χ2n) is 5.72. The van der Waals surface area contributed by atoms with Crippen molar-refractivity contribution >= 4 is 0 Å². The van der Waals surface area contributed by atoms with Gasteiger partial charge in [0, 0.05) is 6.04 Å². The zero-order chi connectivity index (χ0) is 11.7. The van der Waals surface area contributed by atoms with Crippen LogP contribution in [0.2, 0.25) is 0 Å². The van der Waals surface area contributed by atoms with Gasteiger partial charge in [-0.2, -0.15) is 0 Å². The van der Waals surface area contributed by atoms with Crippen LogP contribution >= 0.6 is 0 Å². The topological polar surface area (TPSA) is 38.0 Å². The molecular formula is C15H22N2. The van der Waals surface area contributed by atoms with Gasteiger partial charge in [-0.1, -0.05) is 49.6 Å². The summed E-state index contributed by atoms with van der Waals surface area (Å²) >= 11 is 0. The van der Waals surface area contributed by atoms with Gasteiger partial charge in [0.2, 0.25) is 0 Å². The molecule has 92 valence electrons. The Labute approximate surface area is 104 Å². The van der Waals surface area contributed by atoms with E-state index in [0.717, 1.165) is 17.8 Å². The fourth-order valence-corrected chi connectivity index (χ4v) is 3.20. The number of hydrogen-bond donors (Lipinski definition) is 2. The van der Waals surface area contributed by atoms with E-state index in [1.54, 1.807) is 0 Å². The molecule has 0 aliphatic heterocycles. The molecule has 0 bridgehead atoms. The molecule has 0 saturated heterocycles. The van der Waals surface area contributed by atoms with E-state index in [0.29, 0.717) is 6.04 Å². The van der Waals surface area contributed by atoms with Crippen molar-refractivity contribution in [1.82, 2.24) is 5.43 Å². The minimum Gasteiger partial charge on any atom is -0.271 e. The lowest BCUT2D eigenvalue weighted by molar-refractivity contribution is 0.248. The number of nitrogens with one attached hydrogen (secondary N) is 1. The van der Waals surface area contributed by atoms with Gasteiger partial charge < -0.3 is 0 Å². The second-order valence-corrected chi connectivity index (χ2v) is 5.72. The standard InChI is InChI=1S/C15H22N2/c16-17-15(9-11-5-4-6-11)14-10-13(14)12-7-2-1-3-8-12/h1-3,7-8,11,13-15,17H,4-6,9-10,16H2. The van der Waals surface area contributed by atoms with Crippen LogP contribution in [-0.2, 0) is 0 Å². The highest BCUT2D eigenvalue weighted by Crippen LogP contribution is 2.51. The van der Waals surface area contributed by atoms with Crippen molar-refractivity contribution in [3.05, 3.63) is 35.9 Å². The average Bonchev–Trinajstić information content (AvgIpc) is 3.09. The summed E-state index contributed by atoms with van der Waals surface area (Å²) in [5.74, 6) is 8.18. The molecule has 2 heteroatoms. The van der Waals surface area contributed by atoms with E-state index in [-0.39, 0.29) is 0 Å². The highest BCUT2D eigenvalue weighted by Gasteiger charge is 2.44. The Morgan fingerprint density at radius 1 is 1.24 bits per heavy atom. The Hall–Kier alpha value is -0.860. The number of hydrazine groups is 1. The first-order chi connectivity index (χ1) is 8.38. The fourth-order valence-electron chi connectivity index (χ4n) is 3.20. The third-order valence-corrected chi connectivity index (χ3v) is 4.61. The Balaban J connectivity index is 1.58. The fraction of sp³-hybridized carbons (Fsp3) is 0.600. The Bertz CT molecular complexity index is 358. The predicted octanol–water partition coefficient (Wildman–Crippen LogP) is 2.81. The Kier molecular flexibility index (Phi) is 3.17. The van der Waals surface area contributed by atoms with Crippen molar-refractivity contribution < 1.29 is 0 Å². The largest absolute Gasteiger partial charge is 0.271 e. The SMILES string of the molecule is NNC(CC1CCC1)C1CC1c1ccccc1. The lowest BCUT2D eigenvalue weighted by Gasteiger charge is -2.29. The van der Waals surface area contributed by atoms with E-state index < -0.39 is 0 Å². The minimum atomic E-state index is 0.533. The maximum Gasteiger partial charge on any atom is 0.0247 e. The Morgan fingerprint density at radius 2 is 2.00 bits per heavy atom. The molecule has 2 aliphatic carbocycles. The Morgan fingerprint density at radius 3 is 2.59 bits per heavy atom. The summed E-state index contributed by atoms with van der Waals surface area (Å²) in [7, 11) is 0. The molecule has 0 spiro atoms. The van der Waals surface area contributed by atoms with Gasteiger partial charge in [0.05, 0.1) is 0 Å². The van der Waals surface area contributed by atoms with Gasteiger partial charge in [-0.3, -0.25) is 11.3 Å². The molecular weight excluding hydrogens is 208 g/mol. The molecule has 17 heavy (non-hydrogen) atoms. The lowest BCUT2D eigenvalue weighted by Crippen LogP contribution is -2.39. The van der Waals surface area contributed by atoms with Crippen LogP contribution in [0.4, 0.5) is 0 Å². The summed E-state index contributed by atoms with van der Waals surface area (Å²) in [5, 5.41) is 0. The normalized spacial score (nSPS) is 29.7. The van der Waals surface area contributed by atoms with Gasteiger partial charge >= 0.3 is 0 Å². The molecule has 0 radical (unpaired) electrons. The van der Waals surface area contributed by atoms with Crippen molar-refractivity contribution in [3.8, 4) is 0 Å². The maximum absolute atomic E-state index is 5.73. The lowest BCUT2D eigenvalue weighted by atomic mass is 9.80. The molecule has 3 rings (SSSR count). The van der Waals surface area contributed by atoms with Crippen molar-refractivity contribution in [2.45, 2.75) is 44.1 Å². The quantitative estimate of drug-likeness (QED) is 0.603. The van der Waals surface area contributed by atoms with Gasteiger partial charge in [-0.15, -0.1) is 0 Å². The number of nitrogens with two attached hydrogens (primary N) is 1. The molecule has 3 atom stereocenters. The summed E-state index contributed by atoms with van der Waals surface area (Å²) in [6.45, 7) is 0. The van der Waals surface area contributed by atoms with Crippen LogP contribution in [0.3, 0.4) is 0 Å². The van der Waals surface area contributed by atoms with Crippen LogP contribution in [0.1, 0.15) is 43.6 Å². The second kappa shape index (κ2) is 4.79. The first kappa shape index (κ1) is 11.2. The monoisotopic (exact) mass is 230 g/mol. The highest BCUT2D eigenvalue weighted by atomic mass is 15.2. The van der Waals surface area contributed by atoms with E-state index >= 15 is 0 Å². The zero-order valence-corrected chi connectivity index (χ0v) is 10.3. The first-order valence-corrected chi connectivity index (χ1v) is 6.89. The van der Waals surface area contributed by atoms with Crippen LogP contribution in [0.15, 0.2) is 30.3 Å². The third-order valence-electron chi connectivity index (χ3n) is 4.61. The average molecular weight is 230 g/mol. The molecule has 3 unspecified atom stereocenters. The summed E-state index contributed by atoms with van der Waals surface area (Å²) in [6.07, 6.45) is 6.85. The van der Waals surface area contributed by atoms with Gasteiger partial charge in [0.1, 0.15) is 0 Å². The maximum atomic E-state index is 5.73. The van der Waals surface area contributed by atoms with Crippen molar-refractivity contribution in [1.29, 1.82) is 0 Å². The molecule has 1 aromatic carbocycles. The van der Waals surface area contributed by atoms with Gasteiger partial charge in [0.15, 0.2) is 0 Å². The van der Waals surface area contributed by atoms with Crippen LogP contribution in [-0.4, -0.2) is 6.04 Å². The van der Waals surface area contributed by atoms with Crippen molar-refractivity contribution in [2.75, 3.05) is 0 Å². The molecule has 2 aliphatic rings. The zero-order valence-electron chi connectivity index (χ0n) is 10.3.